The number of aliphatic carboxylic acids is 1. The minimum Gasteiger partial charge on any atom is -0.481 e. The molecule has 2 N–H and O–H groups in total. The number of nitrogens with one attached hydrogen (secondary N) is 1. The third-order valence-corrected chi connectivity index (χ3v) is 3.03. The maximum Gasteiger partial charge on any atom is 0.305 e. The van der Waals surface area contributed by atoms with E-state index >= 15 is 0 Å². The Bertz CT molecular complexity index is 616. The summed E-state index contributed by atoms with van der Waals surface area (Å²) in [5.41, 5.74) is 0.839. The lowest BCUT2D eigenvalue weighted by molar-refractivity contribution is -0.137. The van der Waals surface area contributed by atoms with Crippen LogP contribution in [0.1, 0.15) is 30.8 Å². The molecule has 2 heterocycles. The fraction of sp³-hybridized carbons (Fsp3) is 0.357. The number of furan rings is 1. The van der Waals surface area contributed by atoms with Gasteiger partial charge in [0, 0.05) is 18.7 Å². The van der Waals surface area contributed by atoms with E-state index in [1.807, 2.05) is 13.8 Å². The molecule has 0 spiro atoms. The average Bonchev–Trinajstić information content (AvgIpc) is 3.09. The summed E-state index contributed by atoms with van der Waals surface area (Å²) in [5, 5.41) is 15.5. The van der Waals surface area contributed by atoms with Crippen molar-refractivity contribution in [1.29, 1.82) is 0 Å². The summed E-state index contributed by atoms with van der Waals surface area (Å²) in [6, 6.07) is 4.98. The van der Waals surface area contributed by atoms with E-state index in [4.69, 9.17) is 9.52 Å². The minimum atomic E-state index is -0.938. The molecule has 0 bridgehead atoms. The number of carboxylic acids is 1. The van der Waals surface area contributed by atoms with E-state index in [-0.39, 0.29) is 30.6 Å². The van der Waals surface area contributed by atoms with Gasteiger partial charge in [-0.1, -0.05) is 0 Å². The first kappa shape index (κ1) is 14.8. The van der Waals surface area contributed by atoms with Crippen molar-refractivity contribution in [1.82, 2.24) is 15.1 Å². The average molecular weight is 291 g/mol. The van der Waals surface area contributed by atoms with Crippen molar-refractivity contribution >= 4 is 11.9 Å². The van der Waals surface area contributed by atoms with E-state index in [0.29, 0.717) is 11.5 Å². The minimum absolute atomic E-state index is 0.0978. The second-order valence-corrected chi connectivity index (χ2v) is 4.88. The Kier molecular flexibility index (Phi) is 4.42. The van der Waals surface area contributed by atoms with E-state index in [1.54, 1.807) is 18.2 Å². The Labute approximate surface area is 121 Å². The third kappa shape index (κ3) is 3.50. The molecule has 0 aliphatic carbocycles. The number of hydrogen-bond acceptors (Lipinski definition) is 4. The molecule has 0 atom stereocenters. The van der Waals surface area contributed by atoms with Crippen molar-refractivity contribution in [2.24, 2.45) is 0 Å². The van der Waals surface area contributed by atoms with Gasteiger partial charge in [0.05, 0.1) is 12.7 Å². The molecular weight excluding hydrogens is 274 g/mol. The van der Waals surface area contributed by atoms with Crippen molar-refractivity contribution in [3.63, 3.8) is 0 Å². The molecule has 7 heteroatoms. The number of amides is 1. The molecule has 0 fully saturated rings. The lowest BCUT2D eigenvalue weighted by Gasteiger charge is -2.25. The largest absolute Gasteiger partial charge is 0.481 e. The van der Waals surface area contributed by atoms with Gasteiger partial charge in [-0.05, 0) is 26.0 Å². The molecule has 1 amide bonds. The van der Waals surface area contributed by atoms with E-state index < -0.39 is 5.97 Å². The summed E-state index contributed by atoms with van der Waals surface area (Å²) < 4.78 is 5.23. The summed E-state index contributed by atoms with van der Waals surface area (Å²) in [6.07, 6.45) is 1.43. The Morgan fingerprint density at radius 1 is 1.48 bits per heavy atom. The van der Waals surface area contributed by atoms with Gasteiger partial charge < -0.3 is 14.4 Å². The van der Waals surface area contributed by atoms with Crippen LogP contribution in [0.4, 0.5) is 0 Å². The van der Waals surface area contributed by atoms with Crippen molar-refractivity contribution in [2.75, 3.05) is 6.54 Å². The Morgan fingerprint density at radius 3 is 2.81 bits per heavy atom. The number of H-pyrrole nitrogens is 1. The van der Waals surface area contributed by atoms with Gasteiger partial charge in [0.25, 0.3) is 5.91 Å². The molecule has 0 saturated heterocycles. The summed E-state index contributed by atoms with van der Waals surface area (Å²) in [4.78, 5) is 24.6. The number of carboxylic acid groups (broad SMARTS) is 1. The molecular formula is C14H17N3O4. The smallest absolute Gasteiger partial charge is 0.305 e. The predicted molar refractivity (Wildman–Crippen MR) is 74.7 cm³/mol. The van der Waals surface area contributed by atoms with E-state index in [0.717, 1.165) is 0 Å². The second kappa shape index (κ2) is 6.25. The Morgan fingerprint density at radius 2 is 2.24 bits per heavy atom. The fourth-order valence-corrected chi connectivity index (χ4v) is 1.95. The molecule has 21 heavy (non-hydrogen) atoms. The molecule has 2 aromatic rings. The molecule has 0 aromatic carbocycles. The maximum atomic E-state index is 12.4. The molecule has 0 saturated carbocycles. The number of carbonyl (C=O) groups is 2. The SMILES string of the molecule is CC(C)N(CCC(=O)O)C(=O)c1cc(-c2ccco2)[nH]n1. The normalized spacial score (nSPS) is 10.8. The molecule has 2 aromatic heterocycles. The van der Waals surface area contributed by atoms with Gasteiger partial charge in [-0.15, -0.1) is 0 Å². The first-order valence-electron chi connectivity index (χ1n) is 6.61. The van der Waals surface area contributed by atoms with Crippen LogP contribution in [0.5, 0.6) is 0 Å². The highest BCUT2D eigenvalue weighted by molar-refractivity contribution is 5.93. The zero-order valence-electron chi connectivity index (χ0n) is 11.9. The number of carbonyl (C=O) groups excluding carboxylic acids is 1. The third-order valence-electron chi connectivity index (χ3n) is 3.03. The first-order chi connectivity index (χ1) is 9.99. The van der Waals surface area contributed by atoms with Gasteiger partial charge in [-0.25, -0.2) is 0 Å². The van der Waals surface area contributed by atoms with E-state index in [1.165, 1.54) is 11.2 Å². The van der Waals surface area contributed by atoms with Crippen LogP contribution in [0.2, 0.25) is 0 Å². The second-order valence-electron chi connectivity index (χ2n) is 4.88. The molecule has 0 aliphatic rings. The van der Waals surface area contributed by atoms with Gasteiger partial charge >= 0.3 is 5.97 Å². The highest BCUT2D eigenvalue weighted by atomic mass is 16.4. The van der Waals surface area contributed by atoms with Gasteiger partial charge in [-0.2, -0.15) is 5.10 Å². The van der Waals surface area contributed by atoms with Crippen LogP contribution in [-0.4, -0.2) is 44.7 Å². The summed E-state index contributed by atoms with van der Waals surface area (Å²) in [6.45, 7) is 3.81. The Hall–Kier alpha value is -2.57. The van der Waals surface area contributed by atoms with Crippen LogP contribution in [0.25, 0.3) is 11.5 Å². The van der Waals surface area contributed by atoms with E-state index in [9.17, 15) is 9.59 Å². The first-order valence-corrected chi connectivity index (χ1v) is 6.61. The summed E-state index contributed by atoms with van der Waals surface area (Å²) in [5.74, 6) is -0.657. The lowest BCUT2D eigenvalue weighted by atomic mass is 10.2. The zero-order chi connectivity index (χ0) is 15.4. The van der Waals surface area contributed by atoms with Gasteiger partial charge in [0.1, 0.15) is 5.69 Å². The van der Waals surface area contributed by atoms with Crippen LogP contribution in [0, 0.1) is 0 Å². The van der Waals surface area contributed by atoms with Crippen LogP contribution in [0.15, 0.2) is 28.9 Å². The molecule has 0 aliphatic heterocycles. The Balaban J connectivity index is 2.15. The standard InChI is InChI=1S/C14H17N3O4/c1-9(2)17(6-5-13(18)19)14(20)11-8-10(15-16-11)12-4-3-7-21-12/h3-4,7-9H,5-6H2,1-2H3,(H,15,16)(H,18,19). The van der Waals surface area contributed by atoms with Crippen molar-refractivity contribution < 1.29 is 19.1 Å². The van der Waals surface area contributed by atoms with Gasteiger partial charge in [-0.3, -0.25) is 14.7 Å². The highest BCUT2D eigenvalue weighted by Crippen LogP contribution is 2.19. The predicted octanol–water partition coefficient (Wildman–Crippen LogP) is 1.99. The molecule has 7 nitrogen and oxygen atoms in total. The number of aromatic amines is 1. The fourth-order valence-electron chi connectivity index (χ4n) is 1.95. The van der Waals surface area contributed by atoms with Crippen molar-refractivity contribution in [2.45, 2.75) is 26.3 Å². The molecule has 0 unspecified atom stereocenters. The van der Waals surface area contributed by atoms with Crippen LogP contribution >= 0.6 is 0 Å². The van der Waals surface area contributed by atoms with Crippen LogP contribution < -0.4 is 0 Å². The number of rotatable bonds is 6. The maximum absolute atomic E-state index is 12.4. The molecule has 0 radical (unpaired) electrons. The van der Waals surface area contributed by atoms with Gasteiger partial charge in [0.2, 0.25) is 0 Å². The zero-order valence-corrected chi connectivity index (χ0v) is 11.9. The van der Waals surface area contributed by atoms with E-state index in [2.05, 4.69) is 10.2 Å². The van der Waals surface area contributed by atoms with Crippen molar-refractivity contribution in [3.05, 3.63) is 30.2 Å². The monoisotopic (exact) mass is 291 g/mol. The molecule has 112 valence electrons. The quantitative estimate of drug-likeness (QED) is 0.848. The summed E-state index contributed by atoms with van der Waals surface area (Å²) in [7, 11) is 0. The van der Waals surface area contributed by atoms with Crippen LogP contribution in [-0.2, 0) is 4.79 Å². The topological polar surface area (TPSA) is 99.4 Å². The van der Waals surface area contributed by atoms with Gasteiger partial charge in [0.15, 0.2) is 11.5 Å². The summed E-state index contributed by atoms with van der Waals surface area (Å²) >= 11 is 0. The lowest BCUT2D eigenvalue weighted by Crippen LogP contribution is -2.38. The van der Waals surface area contributed by atoms with Crippen molar-refractivity contribution in [3.8, 4) is 11.5 Å². The number of aromatic nitrogens is 2. The van der Waals surface area contributed by atoms with Crippen LogP contribution in [0.3, 0.4) is 0 Å². The molecule has 2 rings (SSSR count). The number of hydrogen-bond donors (Lipinski definition) is 2. The highest BCUT2D eigenvalue weighted by Gasteiger charge is 2.22. The number of nitrogens with zero attached hydrogens (tertiary/aromatic N) is 2.